The van der Waals surface area contributed by atoms with E-state index in [0.717, 1.165) is 19.3 Å². The molecule has 0 aliphatic heterocycles. The summed E-state index contributed by atoms with van der Waals surface area (Å²) in [6, 6.07) is 0. The second-order valence-electron chi connectivity index (χ2n) is 11.3. The summed E-state index contributed by atoms with van der Waals surface area (Å²) in [5, 5.41) is 26.2. The number of aliphatic hydroxyl groups is 2. The van der Waals surface area contributed by atoms with Crippen LogP contribution in [0.25, 0.3) is 0 Å². The Labute approximate surface area is 237 Å². The Morgan fingerprint density at radius 1 is 0.605 bits per heavy atom. The zero-order chi connectivity index (χ0) is 28.5. The van der Waals surface area contributed by atoms with E-state index in [1.165, 1.54) is 128 Å². The molecule has 2 unspecified atom stereocenters. The van der Waals surface area contributed by atoms with Gasteiger partial charge in [0.15, 0.2) is 0 Å². The fourth-order valence-corrected chi connectivity index (χ4v) is 4.68. The van der Waals surface area contributed by atoms with E-state index >= 15 is 0 Å². The van der Waals surface area contributed by atoms with E-state index in [1.54, 1.807) is 0 Å². The van der Waals surface area contributed by atoms with Gasteiger partial charge in [-0.3, -0.25) is 4.79 Å². The van der Waals surface area contributed by atoms with Gasteiger partial charge in [-0.15, -0.1) is 0 Å². The van der Waals surface area contributed by atoms with Gasteiger partial charge in [0.25, 0.3) is 0 Å². The molecule has 5 nitrogen and oxygen atoms in total. The first kappa shape index (κ1) is 39.5. The molecule has 0 aliphatic carbocycles. The van der Waals surface area contributed by atoms with Gasteiger partial charge in [-0.05, 0) is 18.8 Å². The van der Waals surface area contributed by atoms with E-state index in [-0.39, 0.29) is 13.2 Å². The van der Waals surface area contributed by atoms with Crippen molar-refractivity contribution in [2.45, 2.75) is 181 Å². The first-order valence-corrected chi connectivity index (χ1v) is 16.6. The van der Waals surface area contributed by atoms with E-state index in [2.05, 4.69) is 20.8 Å². The van der Waals surface area contributed by atoms with Crippen molar-refractivity contribution < 1.29 is 24.9 Å². The highest BCUT2D eigenvalue weighted by molar-refractivity contribution is 5.66. The molecule has 5 heteroatoms. The maximum atomic E-state index is 10.4. The van der Waals surface area contributed by atoms with Crippen molar-refractivity contribution in [1.29, 1.82) is 0 Å². The number of hydrogen-bond acceptors (Lipinski definition) is 4. The van der Waals surface area contributed by atoms with Gasteiger partial charge >= 0.3 is 5.97 Å². The molecule has 2 atom stereocenters. The highest BCUT2D eigenvalue weighted by Crippen LogP contribution is 2.15. The molecule has 0 aliphatic rings. The lowest BCUT2D eigenvalue weighted by atomic mass is 10.0. The van der Waals surface area contributed by atoms with E-state index in [4.69, 9.17) is 20.1 Å². The normalized spacial score (nSPS) is 12.7. The van der Waals surface area contributed by atoms with Crippen molar-refractivity contribution in [3.05, 3.63) is 0 Å². The third-order valence-corrected chi connectivity index (χ3v) is 7.41. The number of carboxylic acid groups (broad SMARTS) is 1. The van der Waals surface area contributed by atoms with Crippen molar-refractivity contribution in [1.82, 2.24) is 0 Å². The minimum absolute atomic E-state index is 0.217. The molecule has 0 bridgehead atoms. The minimum atomic E-state index is -0.723. The smallest absolute Gasteiger partial charge is 0.303 e. The lowest BCUT2D eigenvalue weighted by molar-refractivity contribution is -0.137. The lowest BCUT2D eigenvalue weighted by Gasteiger charge is -2.15. The van der Waals surface area contributed by atoms with Crippen LogP contribution in [-0.2, 0) is 9.53 Å². The zero-order valence-corrected chi connectivity index (χ0v) is 25.9. The van der Waals surface area contributed by atoms with Crippen LogP contribution in [0, 0.1) is 5.92 Å². The molecule has 38 heavy (non-hydrogen) atoms. The Morgan fingerprint density at radius 2 is 1.00 bits per heavy atom. The molecule has 3 N–H and O–H groups in total. The fraction of sp³-hybridized carbons (Fsp3) is 0.970. The summed E-state index contributed by atoms with van der Waals surface area (Å²) in [6.45, 7) is 7.36. The maximum absolute atomic E-state index is 10.4. The Kier molecular flexibility index (Phi) is 35.7. The number of rotatable bonds is 29. The van der Waals surface area contributed by atoms with Crippen LogP contribution in [0.3, 0.4) is 0 Å². The molecular formula is C33H68O5. The van der Waals surface area contributed by atoms with Crippen molar-refractivity contribution in [2.75, 3.05) is 19.8 Å². The fourth-order valence-electron chi connectivity index (χ4n) is 4.68. The minimum Gasteiger partial charge on any atom is -0.481 e. The molecule has 0 fully saturated rings. The van der Waals surface area contributed by atoms with Crippen LogP contribution < -0.4 is 0 Å². The third-order valence-electron chi connectivity index (χ3n) is 7.41. The van der Waals surface area contributed by atoms with Crippen molar-refractivity contribution in [2.24, 2.45) is 5.92 Å². The summed E-state index contributed by atoms with van der Waals surface area (Å²) in [5.41, 5.74) is 0. The Morgan fingerprint density at radius 3 is 1.34 bits per heavy atom. The van der Waals surface area contributed by atoms with Crippen LogP contribution >= 0.6 is 0 Å². The average molecular weight is 545 g/mol. The lowest BCUT2D eigenvalue weighted by Crippen LogP contribution is -2.21. The van der Waals surface area contributed by atoms with Gasteiger partial charge in [-0.1, -0.05) is 156 Å². The zero-order valence-electron chi connectivity index (χ0n) is 25.9. The number of aliphatic carboxylic acids is 1. The number of carboxylic acids is 1. The average Bonchev–Trinajstić information content (AvgIpc) is 2.92. The van der Waals surface area contributed by atoms with E-state index in [9.17, 15) is 4.79 Å². The monoisotopic (exact) mass is 545 g/mol. The van der Waals surface area contributed by atoms with Gasteiger partial charge in [0, 0.05) is 13.0 Å². The van der Waals surface area contributed by atoms with E-state index < -0.39 is 12.1 Å². The number of carbonyl (C=O) groups is 1. The molecule has 0 heterocycles. The number of hydrogen-bond donors (Lipinski definition) is 3. The summed E-state index contributed by atoms with van der Waals surface area (Å²) in [6.07, 6.45) is 30.1. The molecule has 0 aromatic rings. The Balaban J connectivity index is 0. The predicted octanol–water partition coefficient (Wildman–Crippen LogP) is 9.47. The SMILES string of the molecule is CCCCC(CC)COCC(O)CO.CCCCCCCCCCCCCCCCCCCCCC(=O)O. The van der Waals surface area contributed by atoms with Crippen LogP contribution in [0.4, 0.5) is 0 Å². The number of ether oxygens (including phenoxy) is 1. The van der Waals surface area contributed by atoms with E-state index in [1.807, 2.05) is 0 Å². The topological polar surface area (TPSA) is 87.0 Å². The number of unbranched alkanes of at least 4 members (excludes halogenated alkanes) is 19. The molecule has 0 amide bonds. The quantitative estimate of drug-likeness (QED) is 0.0816. The summed E-state index contributed by atoms with van der Waals surface area (Å²) >= 11 is 0. The van der Waals surface area contributed by atoms with Crippen LogP contribution in [0.2, 0.25) is 0 Å². The van der Waals surface area contributed by atoms with Gasteiger partial charge in [-0.2, -0.15) is 0 Å². The molecule has 0 aromatic heterocycles. The summed E-state index contributed by atoms with van der Waals surface area (Å²) in [4.78, 5) is 10.4. The highest BCUT2D eigenvalue weighted by Gasteiger charge is 2.08. The Bertz CT molecular complexity index is 443. The predicted molar refractivity (Wildman–Crippen MR) is 163 cm³/mol. The molecule has 0 radical (unpaired) electrons. The van der Waals surface area contributed by atoms with Crippen molar-refractivity contribution >= 4 is 5.97 Å². The highest BCUT2D eigenvalue weighted by atomic mass is 16.5. The van der Waals surface area contributed by atoms with Crippen molar-refractivity contribution in [3.63, 3.8) is 0 Å². The Hall–Kier alpha value is -0.650. The molecular weight excluding hydrogens is 476 g/mol. The van der Waals surface area contributed by atoms with Gasteiger partial charge in [0.2, 0.25) is 0 Å². The molecule has 230 valence electrons. The molecule has 0 rings (SSSR count). The summed E-state index contributed by atoms with van der Waals surface area (Å²) < 4.78 is 5.33. The van der Waals surface area contributed by atoms with Crippen LogP contribution in [-0.4, -0.2) is 47.2 Å². The summed E-state index contributed by atoms with van der Waals surface area (Å²) in [7, 11) is 0. The van der Waals surface area contributed by atoms with E-state index in [0.29, 0.717) is 18.9 Å². The second kappa shape index (κ2) is 34.4. The van der Waals surface area contributed by atoms with Crippen LogP contribution in [0.15, 0.2) is 0 Å². The van der Waals surface area contributed by atoms with Gasteiger partial charge < -0.3 is 20.1 Å². The van der Waals surface area contributed by atoms with Crippen LogP contribution in [0.1, 0.15) is 175 Å². The second-order valence-corrected chi connectivity index (χ2v) is 11.3. The van der Waals surface area contributed by atoms with Gasteiger partial charge in [0.05, 0.1) is 13.2 Å². The first-order chi connectivity index (χ1) is 18.5. The largest absolute Gasteiger partial charge is 0.481 e. The summed E-state index contributed by atoms with van der Waals surface area (Å²) in [5.74, 6) is -0.0529. The van der Waals surface area contributed by atoms with Gasteiger partial charge in [0.1, 0.15) is 6.10 Å². The molecule has 0 saturated carbocycles. The van der Waals surface area contributed by atoms with Crippen LogP contribution in [0.5, 0.6) is 0 Å². The standard InChI is InChI=1S/C22H44O2.C11H24O3/c1-2-3-4-5-6-7-8-9-10-11-12-13-14-15-16-17-18-19-20-21-22(23)24;1-3-5-6-10(4-2)8-14-9-11(13)7-12/h2-21H2,1H3,(H,23,24);10-13H,3-9H2,1-2H3. The maximum Gasteiger partial charge on any atom is 0.303 e. The molecule has 0 saturated heterocycles. The van der Waals surface area contributed by atoms with Crippen molar-refractivity contribution in [3.8, 4) is 0 Å². The third kappa shape index (κ3) is 35.4. The first-order valence-electron chi connectivity index (χ1n) is 16.6. The molecule has 0 spiro atoms. The number of aliphatic hydroxyl groups excluding tert-OH is 2. The molecule has 0 aromatic carbocycles. The van der Waals surface area contributed by atoms with Gasteiger partial charge in [-0.25, -0.2) is 0 Å².